The summed E-state index contributed by atoms with van der Waals surface area (Å²) >= 11 is 2.87. The number of hydrogen-bond acceptors (Lipinski definition) is 6. The number of sulfonamides is 1. The lowest BCUT2D eigenvalue weighted by molar-refractivity contribution is 0.581. The molecule has 0 fully saturated rings. The van der Waals surface area contributed by atoms with Crippen LogP contribution in [0.3, 0.4) is 0 Å². The van der Waals surface area contributed by atoms with Crippen LogP contribution < -0.4 is 10.0 Å². The van der Waals surface area contributed by atoms with E-state index in [-0.39, 0.29) is 6.54 Å². The SMILES string of the molecule is CCNCc1cc(S(=O)(=O)NCc2nccs2)cs1. The number of aromatic nitrogens is 1. The van der Waals surface area contributed by atoms with Crippen LogP contribution >= 0.6 is 22.7 Å². The highest BCUT2D eigenvalue weighted by Gasteiger charge is 2.16. The van der Waals surface area contributed by atoms with Crippen LogP contribution in [0.5, 0.6) is 0 Å². The number of rotatable bonds is 7. The lowest BCUT2D eigenvalue weighted by Gasteiger charge is -2.02. The first-order chi connectivity index (χ1) is 9.12. The Morgan fingerprint density at radius 2 is 2.16 bits per heavy atom. The number of thiophene rings is 1. The average Bonchev–Trinajstić information content (AvgIpc) is 3.05. The van der Waals surface area contributed by atoms with Crippen molar-refractivity contribution in [2.24, 2.45) is 0 Å². The summed E-state index contributed by atoms with van der Waals surface area (Å²) in [6, 6.07) is 1.71. The molecular weight excluding hydrogens is 302 g/mol. The van der Waals surface area contributed by atoms with Gasteiger partial charge in [0.05, 0.1) is 11.4 Å². The average molecular weight is 317 g/mol. The van der Waals surface area contributed by atoms with E-state index in [0.717, 1.165) is 16.4 Å². The maximum Gasteiger partial charge on any atom is 0.241 e. The first-order valence-electron chi connectivity index (χ1n) is 5.78. The summed E-state index contributed by atoms with van der Waals surface area (Å²) in [4.78, 5) is 5.37. The standard InChI is InChI=1S/C11H15N3O2S3/c1-2-12-6-9-5-10(8-18-9)19(15,16)14-7-11-13-3-4-17-11/h3-5,8,12,14H,2,6-7H2,1H3. The zero-order valence-electron chi connectivity index (χ0n) is 10.4. The Hall–Kier alpha value is -0.800. The highest BCUT2D eigenvalue weighted by atomic mass is 32.2. The molecule has 2 aromatic heterocycles. The lowest BCUT2D eigenvalue weighted by Crippen LogP contribution is -2.22. The highest BCUT2D eigenvalue weighted by molar-refractivity contribution is 7.89. The van der Waals surface area contributed by atoms with Crippen molar-refractivity contribution in [2.45, 2.75) is 24.9 Å². The first-order valence-corrected chi connectivity index (χ1v) is 9.02. The molecule has 8 heteroatoms. The van der Waals surface area contributed by atoms with E-state index in [1.165, 1.54) is 22.7 Å². The van der Waals surface area contributed by atoms with Gasteiger partial charge in [0.1, 0.15) is 5.01 Å². The van der Waals surface area contributed by atoms with Gasteiger partial charge in [0, 0.05) is 28.4 Å². The highest BCUT2D eigenvalue weighted by Crippen LogP contribution is 2.19. The lowest BCUT2D eigenvalue weighted by atomic mass is 10.4. The zero-order valence-corrected chi connectivity index (χ0v) is 12.9. The van der Waals surface area contributed by atoms with Gasteiger partial charge in [-0.1, -0.05) is 6.92 Å². The predicted octanol–water partition coefficient (Wildman–Crippen LogP) is 1.79. The van der Waals surface area contributed by atoms with Gasteiger partial charge >= 0.3 is 0 Å². The van der Waals surface area contributed by atoms with Gasteiger partial charge in [0.25, 0.3) is 0 Å². The quantitative estimate of drug-likeness (QED) is 0.817. The molecule has 0 amide bonds. The minimum absolute atomic E-state index is 0.235. The van der Waals surface area contributed by atoms with Gasteiger partial charge < -0.3 is 5.32 Å². The van der Waals surface area contributed by atoms with E-state index in [0.29, 0.717) is 11.4 Å². The molecule has 2 rings (SSSR count). The van der Waals surface area contributed by atoms with Gasteiger partial charge in [-0.3, -0.25) is 0 Å². The maximum absolute atomic E-state index is 12.1. The molecule has 19 heavy (non-hydrogen) atoms. The summed E-state index contributed by atoms with van der Waals surface area (Å²) in [5, 5.41) is 7.41. The van der Waals surface area contributed by atoms with Crippen molar-refractivity contribution in [3.05, 3.63) is 32.9 Å². The topological polar surface area (TPSA) is 71.1 Å². The monoisotopic (exact) mass is 317 g/mol. The second kappa shape index (κ2) is 6.58. The van der Waals surface area contributed by atoms with Crippen LogP contribution in [-0.2, 0) is 23.1 Å². The fourth-order valence-corrected chi connectivity index (χ4v) is 4.30. The van der Waals surface area contributed by atoms with Crippen molar-refractivity contribution >= 4 is 32.7 Å². The Morgan fingerprint density at radius 3 is 2.84 bits per heavy atom. The minimum Gasteiger partial charge on any atom is -0.312 e. The van der Waals surface area contributed by atoms with Gasteiger partial charge in [0.15, 0.2) is 0 Å². The van der Waals surface area contributed by atoms with Gasteiger partial charge in [-0.15, -0.1) is 22.7 Å². The van der Waals surface area contributed by atoms with Crippen LogP contribution in [0.1, 0.15) is 16.8 Å². The van der Waals surface area contributed by atoms with Crippen molar-refractivity contribution in [2.75, 3.05) is 6.54 Å². The van der Waals surface area contributed by atoms with E-state index in [1.807, 2.05) is 12.3 Å². The van der Waals surface area contributed by atoms with Crippen molar-refractivity contribution in [1.29, 1.82) is 0 Å². The third kappa shape index (κ3) is 4.08. The summed E-state index contributed by atoms with van der Waals surface area (Å²) in [6.07, 6.45) is 1.66. The number of nitrogens with one attached hydrogen (secondary N) is 2. The van der Waals surface area contributed by atoms with Gasteiger partial charge in [-0.05, 0) is 12.6 Å². The smallest absolute Gasteiger partial charge is 0.241 e. The van der Waals surface area contributed by atoms with Gasteiger partial charge in [0.2, 0.25) is 10.0 Å². The molecule has 2 aromatic rings. The number of hydrogen-bond donors (Lipinski definition) is 2. The van der Waals surface area contributed by atoms with Crippen molar-refractivity contribution < 1.29 is 8.42 Å². The molecule has 0 atom stereocenters. The molecule has 0 saturated heterocycles. The molecule has 0 aliphatic rings. The molecular formula is C11H15N3O2S3. The first kappa shape index (κ1) is 14.6. The third-order valence-electron chi connectivity index (χ3n) is 2.39. The van der Waals surface area contributed by atoms with Crippen molar-refractivity contribution in [3.63, 3.8) is 0 Å². The Morgan fingerprint density at radius 1 is 1.32 bits per heavy atom. The van der Waals surface area contributed by atoms with E-state index in [2.05, 4.69) is 15.0 Å². The van der Waals surface area contributed by atoms with Crippen LogP contribution in [0.4, 0.5) is 0 Å². The molecule has 0 aliphatic heterocycles. The van der Waals surface area contributed by atoms with Gasteiger partial charge in [-0.25, -0.2) is 18.1 Å². The summed E-state index contributed by atoms with van der Waals surface area (Å²) in [5.74, 6) is 0. The Balaban J connectivity index is 2.00. The van der Waals surface area contributed by atoms with Crippen molar-refractivity contribution in [3.8, 4) is 0 Å². The third-order valence-corrected chi connectivity index (χ3v) is 5.63. The van der Waals surface area contributed by atoms with Crippen LogP contribution in [0.2, 0.25) is 0 Å². The number of nitrogens with zero attached hydrogens (tertiary/aromatic N) is 1. The molecule has 0 aromatic carbocycles. The summed E-state index contributed by atoms with van der Waals surface area (Å²) in [6.45, 7) is 3.81. The second-order valence-corrected chi connectivity index (χ2v) is 7.52. The van der Waals surface area contributed by atoms with Gasteiger partial charge in [-0.2, -0.15) is 0 Å². The normalized spacial score (nSPS) is 11.8. The Labute approximate surface area is 120 Å². The van der Waals surface area contributed by atoms with E-state index < -0.39 is 10.0 Å². The Bertz CT molecular complexity index is 605. The molecule has 2 N–H and O–H groups in total. The van der Waals surface area contributed by atoms with E-state index >= 15 is 0 Å². The molecule has 2 heterocycles. The predicted molar refractivity (Wildman–Crippen MR) is 77.8 cm³/mol. The molecule has 0 radical (unpaired) electrons. The van der Waals surface area contributed by atoms with E-state index in [9.17, 15) is 8.42 Å². The summed E-state index contributed by atoms with van der Waals surface area (Å²) < 4.78 is 26.7. The summed E-state index contributed by atoms with van der Waals surface area (Å²) in [5.41, 5.74) is 0. The fraction of sp³-hybridized carbons (Fsp3) is 0.364. The molecule has 5 nitrogen and oxygen atoms in total. The molecule has 0 saturated carbocycles. The molecule has 0 spiro atoms. The Kier molecular flexibility index (Phi) is 5.06. The fourth-order valence-electron chi connectivity index (χ4n) is 1.42. The molecule has 0 bridgehead atoms. The van der Waals surface area contributed by atoms with Crippen molar-refractivity contribution in [1.82, 2.24) is 15.0 Å². The minimum atomic E-state index is -3.44. The largest absolute Gasteiger partial charge is 0.312 e. The molecule has 0 aliphatic carbocycles. The number of thiazole rings is 1. The maximum atomic E-state index is 12.1. The second-order valence-electron chi connectivity index (χ2n) is 3.78. The summed E-state index contributed by atoms with van der Waals surface area (Å²) in [7, 11) is -3.44. The van der Waals surface area contributed by atoms with Crippen LogP contribution in [0.25, 0.3) is 0 Å². The van der Waals surface area contributed by atoms with E-state index in [4.69, 9.17) is 0 Å². The van der Waals surface area contributed by atoms with Crippen LogP contribution in [-0.4, -0.2) is 19.9 Å². The van der Waals surface area contributed by atoms with E-state index in [1.54, 1.807) is 17.6 Å². The molecule has 104 valence electrons. The molecule has 0 unspecified atom stereocenters. The zero-order chi connectivity index (χ0) is 13.7. The van der Waals surface area contributed by atoms with Crippen LogP contribution in [0.15, 0.2) is 27.9 Å². The van der Waals surface area contributed by atoms with Crippen LogP contribution in [0, 0.1) is 0 Å².